The topological polar surface area (TPSA) is 61.9 Å². The third-order valence-electron chi connectivity index (χ3n) is 4.49. The van der Waals surface area contributed by atoms with E-state index in [2.05, 4.69) is 4.72 Å². The predicted octanol–water partition coefficient (Wildman–Crippen LogP) is 2.65. The van der Waals surface area contributed by atoms with Crippen LogP contribution in [-0.4, -0.2) is 55.2 Å². The Balaban J connectivity index is 2.24. The van der Waals surface area contributed by atoms with Gasteiger partial charge in [0.2, 0.25) is 10.0 Å². The van der Waals surface area contributed by atoms with E-state index < -0.39 is 10.0 Å². The van der Waals surface area contributed by atoms with Gasteiger partial charge in [-0.05, 0) is 56.4 Å². The lowest BCUT2D eigenvalue weighted by molar-refractivity contribution is 0.299. The normalized spacial score (nSPS) is 12.9. The molecular formula is C20H29N3O3S. The minimum absolute atomic E-state index is 0.0909. The Bertz CT molecular complexity index is 863. The van der Waals surface area contributed by atoms with Crippen molar-refractivity contribution < 1.29 is 13.2 Å². The van der Waals surface area contributed by atoms with E-state index in [1.807, 2.05) is 75.2 Å². The summed E-state index contributed by atoms with van der Waals surface area (Å²) in [7, 11) is 5.63. The van der Waals surface area contributed by atoms with Crippen LogP contribution < -0.4 is 14.4 Å². The molecule has 148 valence electrons. The van der Waals surface area contributed by atoms with Crippen molar-refractivity contribution in [2.24, 2.45) is 0 Å². The van der Waals surface area contributed by atoms with Gasteiger partial charge >= 0.3 is 0 Å². The molecule has 0 saturated heterocycles. The maximum atomic E-state index is 12.8. The first-order valence-corrected chi connectivity index (χ1v) is 10.2. The summed E-state index contributed by atoms with van der Waals surface area (Å²) in [5.41, 5.74) is 3.01. The first kappa shape index (κ1) is 21.2. The third-order valence-corrected chi connectivity index (χ3v) is 5.94. The predicted molar refractivity (Wildman–Crippen MR) is 110 cm³/mol. The van der Waals surface area contributed by atoms with Gasteiger partial charge in [0.15, 0.2) is 0 Å². The summed E-state index contributed by atoms with van der Waals surface area (Å²) in [5.74, 6) is 0.338. The highest BCUT2D eigenvalue weighted by Gasteiger charge is 2.23. The summed E-state index contributed by atoms with van der Waals surface area (Å²) in [4.78, 5) is 4.19. The van der Waals surface area contributed by atoms with Crippen LogP contribution in [0.5, 0.6) is 5.75 Å². The molecule has 0 amide bonds. The van der Waals surface area contributed by atoms with Crippen LogP contribution in [0, 0.1) is 6.92 Å². The van der Waals surface area contributed by atoms with Crippen molar-refractivity contribution in [3.63, 3.8) is 0 Å². The smallest absolute Gasteiger partial charge is 0.244 e. The number of hydrogen-bond acceptors (Lipinski definition) is 5. The Kier molecular flexibility index (Phi) is 6.86. The van der Waals surface area contributed by atoms with E-state index in [-0.39, 0.29) is 17.5 Å². The van der Waals surface area contributed by atoms with Gasteiger partial charge in [0.25, 0.3) is 0 Å². The van der Waals surface area contributed by atoms with Crippen molar-refractivity contribution in [1.82, 2.24) is 9.62 Å². The van der Waals surface area contributed by atoms with Crippen molar-refractivity contribution in [2.45, 2.75) is 17.9 Å². The fraction of sp³-hybridized carbons (Fsp3) is 0.400. The number of benzene rings is 2. The molecule has 0 unspecified atom stereocenters. The highest BCUT2D eigenvalue weighted by molar-refractivity contribution is 7.89. The molecular weight excluding hydrogens is 362 g/mol. The highest BCUT2D eigenvalue weighted by Crippen LogP contribution is 2.26. The largest absolute Gasteiger partial charge is 0.495 e. The minimum Gasteiger partial charge on any atom is -0.495 e. The molecule has 0 bridgehead atoms. The number of anilines is 1. The molecule has 6 nitrogen and oxygen atoms in total. The van der Waals surface area contributed by atoms with Crippen LogP contribution in [-0.2, 0) is 10.0 Å². The SMILES string of the molecule is COc1ccc(C)cc1S(=O)(=O)NC[C@@H](c1ccc(N(C)C)cc1)N(C)C. The molecule has 7 heteroatoms. The number of hydrogen-bond donors (Lipinski definition) is 1. The van der Waals surface area contributed by atoms with Gasteiger partial charge in [0.1, 0.15) is 10.6 Å². The lowest BCUT2D eigenvalue weighted by atomic mass is 10.1. The van der Waals surface area contributed by atoms with Gasteiger partial charge < -0.3 is 14.5 Å². The van der Waals surface area contributed by atoms with Crippen LogP contribution in [0.1, 0.15) is 17.2 Å². The zero-order valence-electron chi connectivity index (χ0n) is 16.9. The monoisotopic (exact) mass is 391 g/mol. The average Bonchev–Trinajstić information content (AvgIpc) is 2.62. The first-order valence-electron chi connectivity index (χ1n) is 8.73. The van der Waals surface area contributed by atoms with Gasteiger partial charge in [-0.3, -0.25) is 0 Å². The quantitative estimate of drug-likeness (QED) is 0.750. The van der Waals surface area contributed by atoms with Crippen LogP contribution in [0.15, 0.2) is 47.4 Å². The molecule has 0 saturated carbocycles. The number of methoxy groups -OCH3 is 1. The van der Waals surface area contributed by atoms with Crippen LogP contribution in [0.25, 0.3) is 0 Å². The Morgan fingerprint density at radius 1 is 1.04 bits per heavy atom. The Morgan fingerprint density at radius 2 is 1.67 bits per heavy atom. The number of nitrogens with zero attached hydrogens (tertiary/aromatic N) is 2. The maximum Gasteiger partial charge on any atom is 0.244 e. The van der Waals surface area contributed by atoms with Crippen molar-refractivity contribution in [3.05, 3.63) is 53.6 Å². The van der Waals surface area contributed by atoms with Crippen molar-refractivity contribution >= 4 is 15.7 Å². The number of likely N-dealkylation sites (N-methyl/N-ethyl adjacent to an activating group) is 1. The Morgan fingerprint density at radius 3 is 2.19 bits per heavy atom. The van der Waals surface area contributed by atoms with E-state index in [1.54, 1.807) is 12.1 Å². The number of sulfonamides is 1. The van der Waals surface area contributed by atoms with E-state index in [0.29, 0.717) is 5.75 Å². The molecule has 0 spiro atoms. The van der Waals surface area contributed by atoms with E-state index in [0.717, 1.165) is 16.8 Å². The molecule has 0 aliphatic heterocycles. The first-order chi connectivity index (χ1) is 12.7. The molecule has 1 atom stereocenters. The maximum absolute atomic E-state index is 12.8. The van der Waals surface area contributed by atoms with E-state index in [9.17, 15) is 8.42 Å². The average molecular weight is 392 g/mol. The minimum atomic E-state index is -3.69. The molecule has 2 rings (SSSR count). The summed E-state index contributed by atoms with van der Waals surface area (Å²) < 4.78 is 33.7. The lowest BCUT2D eigenvalue weighted by Crippen LogP contribution is -2.34. The van der Waals surface area contributed by atoms with E-state index >= 15 is 0 Å². The molecule has 0 aliphatic rings. The molecule has 2 aromatic carbocycles. The van der Waals surface area contributed by atoms with Crippen LogP contribution in [0.3, 0.4) is 0 Å². The lowest BCUT2D eigenvalue weighted by Gasteiger charge is -2.26. The Hall–Kier alpha value is -2.09. The van der Waals surface area contributed by atoms with Gasteiger partial charge in [0.05, 0.1) is 7.11 Å². The summed E-state index contributed by atoms with van der Waals surface area (Å²) in [6.45, 7) is 2.11. The standard InChI is InChI=1S/C20H29N3O3S/c1-15-7-12-19(26-6)20(13-15)27(24,25)21-14-18(23(4)5)16-8-10-17(11-9-16)22(2)3/h7-13,18,21H,14H2,1-6H3/t18-/m0/s1. The van der Waals surface area contributed by atoms with Gasteiger partial charge in [0, 0.05) is 32.4 Å². The van der Waals surface area contributed by atoms with Crippen LogP contribution in [0.4, 0.5) is 5.69 Å². The molecule has 1 N–H and O–H groups in total. The van der Waals surface area contributed by atoms with E-state index in [4.69, 9.17) is 4.74 Å². The number of rotatable bonds is 8. The molecule has 2 aromatic rings. The zero-order chi connectivity index (χ0) is 20.2. The van der Waals surface area contributed by atoms with Gasteiger partial charge in [-0.2, -0.15) is 0 Å². The molecule has 27 heavy (non-hydrogen) atoms. The highest BCUT2D eigenvalue weighted by atomic mass is 32.2. The summed E-state index contributed by atoms with van der Waals surface area (Å²) in [6, 6.07) is 13.2. The summed E-state index contributed by atoms with van der Waals surface area (Å²) in [6.07, 6.45) is 0. The van der Waals surface area contributed by atoms with Crippen LogP contribution >= 0.6 is 0 Å². The van der Waals surface area contributed by atoms with Gasteiger partial charge in [-0.1, -0.05) is 18.2 Å². The number of aryl methyl sites for hydroxylation is 1. The molecule has 0 fully saturated rings. The van der Waals surface area contributed by atoms with Gasteiger partial charge in [-0.25, -0.2) is 13.1 Å². The van der Waals surface area contributed by atoms with Crippen LogP contribution in [0.2, 0.25) is 0 Å². The fourth-order valence-corrected chi connectivity index (χ4v) is 4.14. The number of ether oxygens (including phenoxy) is 1. The second-order valence-electron chi connectivity index (χ2n) is 6.97. The van der Waals surface area contributed by atoms with Crippen molar-refractivity contribution in [3.8, 4) is 5.75 Å². The van der Waals surface area contributed by atoms with Crippen molar-refractivity contribution in [2.75, 3.05) is 46.7 Å². The fourth-order valence-electron chi connectivity index (χ4n) is 2.85. The van der Waals surface area contributed by atoms with Crippen molar-refractivity contribution in [1.29, 1.82) is 0 Å². The zero-order valence-corrected chi connectivity index (χ0v) is 17.7. The Labute approximate surface area is 162 Å². The molecule has 0 radical (unpaired) electrons. The van der Waals surface area contributed by atoms with E-state index in [1.165, 1.54) is 7.11 Å². The second-order valence-corrected chi connectivity index (χ2v) is 8.71. The molecule has 0 aromatic heterocycles. The number of nitrogens with one attached hydrogen (secondary N) is 1. The molecule has 0 aliphatic carbocycles. The second kappa shape index (κ2) is 8.73. The summed E-state index contributed by atoms with van der Waals surface area (Å²) >= 11 is 0. The summed E-state index contributed by atoms with van der Waals surface area (Å²) in [5, 5.41) is 0. The third kappa shape index (κ3) is 5.22. The molecule has 0 heterocycles. The van der Waals surface area contributed by atoms with Gasteiger partial charge in [-0.15, -0.1) is 0 Å².